The Morgan fingerprint density at radius 2 is 1.88 bits per heavy atom. The Bertz CT molecular complexity index is 1260. The second-order valence-corrected chi connectivity index (χ2v) is 8.27. The van der Waals surface area contributed by atoms with E-state index in [1.54, 1.807) is 18.2 Å². The molecule has 0 atom stereocenters. The summed E-state index contributed by atoms with van der Waals surface area (Å²) in [5.74, 6) is 1.29. The first-order valence-electron chi connectivity index (χ1n) is 9.96. The minimum Gasteiger partial charge on any atom is -0.484 e. The Hall–Kier alpha value is -3.29. The van der Waals surface area contributed by atoms with Crippen molar-refractivity contribution >= 4 is 45.7 Å². The SMILES string of the molecule is C=CCn1c(COc2ccccc2Cl)nnc1SCC(=O)Nc1ccc2ccccc2c1. The number of hydrogen-bond donors (Lipinski definition) is 1. The fraction of sp³-hybridized carbons (Fsp3) is 0.125. The predicted molar refractivity (Wildman–Crippen MR) is 129 cm³/mol. The third-order valence-corrected chi connectivity index (χ3v) is 5.94. The lowest BCUT2D eigenvalue weighted by atomic mass is 10.1. The van der Waals surface area contributed by atoms with Crippen LogP contribution in [-0.2, 0) is 17.9 Å². The summed E-state index contributed by atoms with van der Waals surface area (Å²) in [7, 11) is 0. The number of allylic oxidation sites excluding steroid dienone is 1. The van der Waals surface area contributed by atoms with Gasteiger partial charge in [-0.3, -0.25) is 9.36 Å². The lowest BCUT2D eigenvalue weighted by Gasteiger charge is -2.10. The van der Waals surface area contributed by atoms with E-state index in [9.17, 15) is 4.79 Å². The third-order valence-electron chi connectivity index (χ3n) is 4.66. The fourth-order valence-electron chi connectivity index (χ4n) is 3.14. The van der Waals surface area contributed by atoms with E-state index in [-0.39, 0.29) is 18.3 Å². The molecule has 0 aliphatic carbocycles. The second kappa shape index (κ2) is 10.3. The average molecular weight is 465 g/mol. The molecular formula is C24H21ClN4O2S. The maximum absolute atomic E-state index is 12.5. The highest BCUT2D eigenvalue weighted by Gasteiger charge is 2.15. The molecule has 4 aromatic rings. The van der Waals surface area contributed by atoms with Crippen molar-refractivity contribution in [2.24, 2.45) is 0 Å². The molecule has 0 fully saturated rings. The molecule has 0 unspecified atom stereocenters. The molecule has 0 saturated carbocycles. The van der Waals surface area contributed by atoms with Gasteiger partial charge in [0.15, 0.2) is 11.0 Å². The molecule has 0 saturated heterocycles. The van der Waals surface area contributed by atoms with Crippen molar-refractivity contribution in [3.8, 4) is 5.75 Å². The van der Waals surface area contributed by atoms with E-state index in [1.165, 1.54) is 11.8 Å². The minimum absolute atomic E-state index is 0.118. The standard InChI is InChI=1S/C24H21ClN4O2S/c1-2-13-29-22(15-31-21-10-6-5-9-20(21)25)27-28-24(29)32-16-23(30)26-19-12-11-17-7-3-4-8-18(17)14-19/h2-12,14H,1,13,15-16H2,(H,26,30). The average Bonchev–Trinajstić information content (AvgIpc) is 3.19. The van der Waals surface area contributed by atoms with Gasteiger partial charge in [0.25, 0.3) is 0 Å². The smallest absolute Gasteiger partial charge is 0.234 e. The molecule has 0 aliphatic rings. The largest absolute Gasteiger partial charge is 0.484 e. The number of ether oxygens (including phenoxy) is 1. The predicted octanol–water partition coefficient (Wildman–Crippen LogP) is 5.58. The van der Waals surface area contributed by atoms with E-state index in [2.05, 4.69) is 22.1 Å². The highest BCUT2D eigenvalue weighted by Crippen LogP contribution is 2.25. The van der Waals surface area contributed by atoms with Crippen LogP contribution < -0.4 is 10.1 Å². The number of rotatable bonds is 9. The molecule has 32 heavy (non-hydrogen) atoms. The first kappa shape index (κ1) is 21.9. The van der Waals surface area contributed by atoms with Gasteiger partial charge in [-0.1, -0.05) is 71.9 Å². The summed E-state index contributed by atoms with van der Waals surface area (Å²) in [6.45, 7) is 4.50. The van der Waals surface area contributed by atoms with Gasteiger partial charge in [-0.25, -0.2) is 0 Å². The zero-order valence-corrected chi connectivity index (χ0v) is 18.8. The number of nitrogens with one attached hydrogen (secondary N) is 1. The van der Waals surface area contributed by atoms with Gasteiger partial charge in [0, 0.05) is 12.2 Å². The Labute approximate surface area is 195 Å². The first-order valence-corrected chi connectivity index (χ1v) is 11.3. The molecule has 0 spiro atoms. The zero-order chi connectivity index (χ0) is 22.3. The highest BCUT2D eigenvalue weighted by molar-refractivity contribution is 7.99. The van der Waals surface area contributed by atoms with E-state index in [4.69, 9.17) is 16.3 Å². The lowest BCUT2D eigenvalue weighted by molar-refractivity contribution is -0.113. The van der Waals surface area contributed by atoms with E-state index in [0.29, 0.717) is 28.3 Å². The molecule has 162 valence electrons. The Morgan fingerprint density at radius 1 is 1.09 bits per heavy atom. The van der Waals surface area contributed by atoms with Crippen LogP contribution >= 0.6 is 23.4 Å². The van der Waals surface area contributed by atoms with Crippen molar-refractivity contribution in [3.63, 3.8) is 0 Å². The molecule has 1 amide bonds. The van der Waals surface area contributed by atoms with Crippen LogP contribution in [0.2, 0.25) is 5.02 Å². The molecule has 0 aliphatic heterocycles. The van der Waals surface area contributed by atoms with Gasteiger partial charge >= 0.3 is 0 Å². The Kier molecular flexibility index (Phi) is 7.09. The fourth-order valence-corrected chi connectivity index (χ4v) is 4.10. The van der Waals surface area contributed by atoms with Crippen molar-refractivity contribution in [2.75, 3.05) is 11.1 Å². The number of halogens is 1. The number of fused-ring (bicyclic) bond motifs is 1. The molecular weight excluding hydrogens is 444 g/mol. The summed E-state index contributed by atoms with van der Waals surface area (Å²) in [6, 6.07) is 21.1. The van der Waals surface area contributed by atoms with Crippen LogP contribution in [0.15, 0.2) is 84.5 Å². The van der Waals surface area contributed by atoms with Crippen molar-refractivity contribution in [2.45, 2.75) is 18.3 Å². The van der Waals surface area contributed by atoms with Gasteiger partial charge in [0.05, 0.1) is 10.8 Å². The van der Waals surface area contributed by atoms with Crippen LogP contribution in [-0.4, -0.2) is 26.4 Å². The summed E-state index contributed by atoms with van der Waals surface area (Å²) < 4.78 is 7.66. The molecule has 4 rings (SSSR count). The normalized spacial score (nSPS) is 10.8. The van der Waals surface area contributed by atoms with Crippen LogP contribution in [0.4, 0.5) is 5.69 Å². The first-order chi connectivity index (χ1) is 15.6. The van der Waals surface area contributed by atoms with Crippen molar-refractivity contribution in [3.05, 3.63) is 90.2 Å². The van der Waals surface area contributed by atoms with E-state index >= 15 is 0 Å². The van der Waals surface area contributed by atoms with E-state index in [0.717, 1.165) is 16.5 Å². The molecule has 6 nitrogen and oxygen atoms in total. The second-order valence-electron chi connectivity index (χ2n) is 6.92. The number of anilines is 1. The molecule has 0 bridgehead atoms. The maximum Gasteiger partial charge on any atom is 0.234 e. The van der Waals surface area contributed by atoms with Crippen LogP contribution in [0, 0.1) is 0 Å². The summed E-state index contributed by atoms with van der Waals surface area (Å²) >= 11 is 7.46. The number of para-hydroxylation sites is 1. The highest BCUT2D eigenvalue weighted by atomic mass is 35.5. The summed E-state index contributed by atoms with van der Waals surface area (Å²) in [6.07, 6.45) is 1.75. The summed E-state index contributed by atoms with van der Waals surface area (Å²) in [5.41, 5.74) is 0.760. The van der Waals surface area contributed by atoms with E-state index < -0.39 is 0 Å². The molecule has 3 aromatic carbocycles. The number of carbonyl (C=O) groups excluding carboxylic acids is 1. The number of aromatic nitrogens is 3. The van der Waals surface area contributed by atoms with Gasteiger partial charge in [-0.05, 0) is 35.0 Å². The van der Waals surface area contributed by atoms with Crippen LogP contribution in [0.25, 0.3) is 10.8 Å². The summed E-state index contributed by atoms with van der Waals surface area (Å²) in [5, 5.41) is 14.7. The van der Waals surface area contributed by atoms with Crippen molar-refractivity contribution < 1.29 is 9.53 Å². The third kappa shape index (κ3) is 5.30. The zero-order valence-electron chi connectivity index (χ0n) is 17.2. The van der Waals surface area contributed by atoms with Crippen LogP contribution in [0.1, 0.15) is 5.82 Å². The monoisotopic (exact) mass is 464 g/mol. The Balaban J connectivity index is 1.39. The minimum atomic E-state index is -0.118. The van der Waals surface area contributed by atoms with Gasteiger partial charge in [-0.2, -0.15) is 0 Å². The number of nitrogens with zero attached hydrogens (tertiary/aromatic N) is 3. The quantitative estimate of drug-likeness (QED) is 0.258. The van der Waals surface area contributed by atoms with Crippen LogP contribution in [0.5, 0.6) is 5.75 Å². The van der Waals surface area contributed by atoms with Crippen LogP contribution in [0.3, 0.4) is 0 Å². The number of thioether (sulfide) groups is 1. The van der Waals surface area contributed by atoms with E-state index in [1.807, 2.05) is 59.2 Å². The molecule has 1 aromatic heterocycles. The van der Waals surface area contributed by atoms with Gasteiger partial charge < -0.3 is 10.1 Å². The molecule has 1 N–H and O–H groups in total. The Morgan fingerprint density at radius 3 is 2.69 bits per heavy atom. The van der Waals surface area contributed by atoms with Crippen molar-refractivity contribution in [1.82, 2.24) is 14.8 Å². The molecule has 0 radical (unpaired) electrons. The number of hydrogen-bond acceptors (Lipinski definition) is 5. The molecule has 1 heterocycles. The van der Waals surface area contributed by atoms with Gasteiger partial charge in [0.2, 0.25) is 5.91 Å². The van der Waals surface area contributed by atoms with Gasteiger partial charge in [0.1, 0.15) is 12.4 Å². The molecule has 8 heteroatoms. The number of carbonyl (C=O) groups is 1. The number of amides is 1. The maximum atomic E-state index is 12.5. The summed E-state index contributed by atoms with van der Waals surface area (Å²) in [4.78, 5) is 12.5. The topological polar surface area (TPSA) is 69.0 Å². The van der Waals surface area contributed by atoms with Crippen molar-refractivity contribution in [1.29, 1.82) is 0 Å². The number of benzene rings is 3. The van der Waals surface area contributed by atoms with Gasteiger partial charge in [-0.15, -0.1) is 16.8 Å². The lowest BCUT2D eigenvalue weighted by Crippen LogP contribution is -2.15.